The van der Waals surface area contributed by atoms with Crippen molar-refractivity contribution in [1.82, 2.24) is 9.97 Å². The molecule has 0 fully saturated rings. The second kappa shape index (κ2) is 9.35. The van der Waals surface area contributed by atoms with Crippen LogP contribution in [0.5, 0.6) is 5.75 Å². The number of benzene rings is 1. The Bertz CT molecular complexity index is 871. The number of hydrogen-bond acceptors (Lipinski definition) is 4. The molecule has 1 amide bonds. The van der Waals surface area contributed by atoms with E-state index in [1.165, 1.54) is 17.3 Å². The van der Waals surface area contributed by atoms with Crippen LogP contribution in [0.15, 0.2) is 24.4 Å². The van der Waals surface area contributed by atoms with Gasteiger partial charge in [0, 0.05) is 5.92 Å². The first kappa shape index (κ1) is 24.1. The third-order valence-electron chi connectivity index (χ3n) is 6.24. The van der Waals surface area contributed by atoms with E-state index in [1.54, 1.807) is 0 Å². The van der Waals surface area contributed by atoms with Gasteiger partial charge in [-0.25, -0.2) is 4.98 Å². The summed E-state index contributed by atoms with van der Waals surface area (Å²) in [4.78, 5) is 19.0. The lowest BCUT2D eigenvalue weighted by Crippen LogP contribution is -2.44. The lowest BCUT2D eigenvalue weighted by atomic mass is 9.99. The number of aromatic nitrogens is 2. The van der Waals surface area contributed by atoms with Gasteiger partial charge < -0.3 is 19.9 Å². The summed E-state index contributed by atoms with van der Waals surface area (Å²) in [6, 6.07) is 6.11. The van der Waals surface area contributed by atoms with Gasteiger partial charge in [0.15, 0.2) is 8.32 Å². The number of rotatable bonds is 9. The van der Waals surface area contributed by atoms with E-state index in [0.29, 0.717) is 24.5 Å². The summed E-state index contributed by atoms with van der Waals surface area (Å²) in [5.41, 5.74) is 8.16. The maximum absolute atomic E-state index is 11.5. The van der Waals surface area contributed by atoms with Crippen molar-refractivity contribution >= 4 is 14.2 Å². The monoisotopic (exact) mass is 431 g/mol. The SMILES string of the molecule is Cc1ccc(OCC[C@H](c2ncc(C(N)=O)[nH]2)[C@H](C)O[Si](C)(C)C(C)(C)C)cc1C. The van der Waals surface area contributed by atoms with Gasteiger partial charge in [-0.15, -0.1) is 0 Å². The van der Waals surface area contributed by atoms with Crippen molar-refractivity contribution < 1.29 is 14.0 Å². The zero-order valence-electron chi connectivity index (χ0n) is 19.6. The molecule has 0 aliphatic rings. The Morgan fingerprint density at radius 3 is 2.43 bits per heavy atom. The molecule has 1 heterocycles. The molecule has 0 saturated heterocycles. The van der Waals surface area contributed by atoms with Gasteiger partial charge in [0.2, 0.25) is 0 Å². The van der Waals surface area contributed by atoms with E-state index in [9.17, 15) is 4.79 Å². The van der Waals surface area contributed by atoms with Crippen molar-refractivity contribution in [3.63, 3.8) is 0 Å². The van der Waals surface area contributed by atoms with Crippen LogP contribution < -0.4 is 10.5 Å². The van der Waals surface area contributed by atoms with Crippen LogP contribution in [-0.2, 0) is 4.43 Å². The first-order chi connectivity index (χ1) is 13.8. The Balaban J connectivity index is 2.17. The number of amides is 1. The second-order valence-electron chi connectivity index (χ2n) is 9.62. The number of nitrogens with one attached hydrogen (secondary N) is 1. The standard InChI is InChI=1S/C23H37N3O3Si/c1-15-9-10-18(13-16(15)2)28-12-11-19(22-25-14-20(26-22)21(24)27)17(3)29-30(7,8)23(4,5)6/h9-10,13-14,17,19H,11-12H2,1-8H3,(H2,24,27)(H,25,26)/t17-,19-/m0/s1. The summed E-state index contributed by atoms with van der Waals surface area (Å²) in [5, 5.41) is 0.100. The number of carbonyl (C=O) groups is 1. The maximum Gasteiger partial charge on any atom is 0.266 e. The predicted molar refractivity (Wildman–Crippen MR) is 124 cm³/mol. The first-order valence-electron chi connectivity index (χ1n) is 10.5. The first-order valence-corrected chi connectivity index (χ1v) is 13.4. The zero-order valence-corrected chi connectivity index (χ0v) is 20.6. The molecule has 0 bridgehead atoms. The molecule has 30 heavy (non-hydrogen) atoms. The zero-order chi connectivity index (χ0) is 22.7. The molecule has 6 nitrogen and oxygen atoms in total. The fraction of sp³-hybridized carbons (Fsp3) is 0.565. The highest BCUT2D eigenvalue weighted by molar-refractivity contribution is 6.74. The number of ether oxygens (including phenoxy) is 1. The van der Waals surface area contributed by atoms with Gasteiger partial charge in [-0.2, -0.15) is 0 Å². The molecule has 3 N–H and O–H groups in total. The highest BCUT2D eigenvalue weighted by Gasteiger charge is 2.40. The quantitative estimate of drug-likeness (QED) is 0.541. The molecule has 2 atom stereocenters. The number of aromatic amines is 1. The second-order valence-corrected chi connectivity index (χ2v) is 14.4. The number of nitrogens with two attached hydrogens (primary N) is 1. The van der Waals surface area contributed by atoms with Crippen LogP contribution in [-0.4, -0.2) is 36.9 Å². The van der Waals surface area contributed by atoms with Crippen LogP contribution in [0.2, 0.25) is 18.1 Å². The topological polar surface area (TPSA) is 90.2 Å². The third kappa shape index (κ3) is 5.95. The molecule has 0 saturated carbocycles. The van der Waals surface area contributed by atoms with E-state index in [2.05, 4.69) is 76.7 Å². The fourth-order valence-corrected chi connectivity index (χ4v) is 4.52. The highest BCUT2D eigenvalue weighted by Crippen LogP contribution is 2.39. The summed E-state index contributed by atoms with van der Waals surface area (Å²) >= 11 is 0. The molecule has 0 aliphatic heterocycles. The van der Waals surface area contributed by atoms with Crippen LogP contribution >= 0.6 is 0 Å². The van der Waals surface area contributed by atoms with Crippen LogP contribution in [0.1, 0.15) is 67.5 Å². The van der Waals surface area contributed by atoms with E-state index in [-0.39, 0.29) is 17.1 Å². The Morgan fingerprint density at radius 1 is 1.23 bits per heavy atom. The van der Waals surface area contributed by atoms with E-state index < -0.39 is 14.2 Å². The average Bonchev–Trinajstić information content (AvgIpc) is 3.10. The Kier molecular flexibility index (Phi) is 7.53. The molecular formula is C23H37N3O3Si. The van der Waals surface area contributed by atoms with E-state index in [4.69, 9.17) is 14.9 Å². The summed E-state index contributed by atoms with van der Waals surface area (Å²) in [6.45, 7) is 17.9. The predicted octanol–water partition coefficient (Wildman–Crippen LogP) is 5.09. The van der Waals surface area contributed by atoms with Crippen molar-refractivity contribution in [3.05, 3.63) is 47.0 Å². The van der Waals surface area contributed by atoms with Crippen molar-refractivity contribution in [2.45, 2.75) is 78.1 Å². The van der Waals surface area contributed by atoms with Crippen molar-refractivity contribution in [2.24, 2.45) is 5.73 Å². The van der Waals surface area contributed by atoms with Gasteiger partial charge in [-0.3, -0.25) is 4.79 Å². The summed E-state index contributed by atoms with van der Waals surface area (Å²) in [7, 11) is -1.97. The van der Waals surface area contributed by atoms with Gasteiger partial charge >= 0.3 is 0 Å². The van der Waals surface area contributed by atoms with Gasteiger partial charge in [0.1, 0.15) is 17.3 Å². The largest absolute Gasteiger partial charge is 0.494 e. The Labute approximate surface area is 181 Å². The van der Waals surface area contributed by atoms with Gasteiger partial charge in [-0.05, 0) is 68.6 Å². The van der Waals surface area contributed by atoms with Crippen LogP contribution in [0, 0.1) is 13.8 Å². The van der Waals surface area contributed by atoms with E-state index in [1.807, 2.05) is 6.07 Å². The van der Waals surface area contributed by atoms with Gasteiger partial charge in [0.25, 0.3) is 5.91 Å². The maximum atomic E-state index is 11.5. The molecule has 0 unspecified atom stereocenters. The number of primary amides is 1. The normalized spacial score (nSPS) is 14.4. The third-order valence-corrected chi connectivity index (χ3v) is 10.8. The Hall–Kier alpha value is -2.12. The number of imidazole rings is 1. The molecule has 1 aromatic heterocycles. The number of carbonyl (C=O) groups excluding carboxylic acids is 1. The fourth-order valence-electron chi connectivity index (χ4n) is 3.08. The van der Waals surface area contributed by atoms with Crippen LogP contribution in [0.4, 0.5) is 0 Å². The average molecular weight is 432 g/mol. The van der Waals surface area contributed by atoms with Crippen LogP contribution in [0.25, 0.3) is 0 Å². The molecule has 0 radical (unpaired) electrons. The molecule has 2 aromatic rings. The Morgan fingerprint density at radius 2 is 1.90 bits per heavy atom. The van der Waals surface area contributed by atoms with Crippen molar-refractivity contribution in [2.75, 3.05) is 6.61 Å². The minimum absolute atomic E-state index is 0.0428. The number of hydrogen-bond donors (Lipinski definition) is 2. The lowest BCUT2D eigenvalue weighted by Gasteiger charge is -2.40. The van der Waals surface area contributed by atoms with Gasteiger partial charge in [0.05, 0.1) is 18.9 Å². The van der Waals surface area contributed by atoms with Crippen LogP contribution in [0.3, 0.4) is 0 Å². The molecule has 7 heteroatoms. The summed E-state index contributed by atoms with van der Waals surface area (Å²) in [5.74, 6) is 1.00. The molecule has 1 aromatic carbocycles. The molecule has 0 spiro atoms. The van der Waals surface area contributed by atoms with Gasteiger partial charge in [-0.1, -0.05) is 26.8 Å². The lowest BCUT2D eigenvalue weighted by molar-refractivity contribution is 0.0995. The highest BCUT2D eigenvalue weighted by atomic mass is 28.4. The summed E-state index contributed by atoms with van der Waals surface area (Å²) < 4.78 is 12.7. The molecule has 166 valence electrons. The minimum Gasteiger partial charge on any atom is -0.494 e. The van der Waals surface area contributed by atoms with Crippen molar-refractivity contribution in [3.8, 4) is 5.75 Å². The van der Waals surface area contributed by atoms with E-state index >= 15 is 0 Å². The molecule has 0 aliphatic carbocycles. The minimum atomic E-state index is -1.97. The number of H-pyrrole nitrogens is 1. The number of nitrogens with zero attached hydrogens (tertiary/aromatic N) is 1. The number of aryl methyl sites for hydroxylation is 2. The molecular weight excluding hydrogens is 394 g/mol. The smallest absolute Gasteiger partial charge is 0.266 e. The molecule has 2 rings (SSSR count). The van der Waals surface area contributed by atoms with Crippen molar-refractivity contribution in [1.29, 1.82) is 0 Å². The summed E-state index contributed by atoms with van der Waals surface area (Å²) in [6.07, 6.45) is 2.11. The van der Waals surface area contributed by atoms with E-state index in [0.717, 1.165) is 5.75 Å².